The van der Waals surface area contributed by atoms with Crippen LogP contribution in [0.15, 0.2) is 6.20 Å². The Labute approximate surface area is 97.2 Å². The zero-order valence-corrected chi connectivity index (χ0v) is 10.3. The summed E-state index contributed by atoms with van der Waals surface area (Å²) in [5, 5.41) is 8.04. The molecule has 0 radical (unpaired) electrons. The van der Waals surface area contributed by atoms with E-state index in [-0.39, 0.29) is 6.04 Å². The highest BCUT2D eigenvalue weighted by Gasteiger charge is 2.24. The second kappa shape index (κ2) is 4.95. The minimum absolute atomic E-state index is 0.249. The fourth-order valence-electron chi connectivity index (χ4n) is 2.77. The van der Waals surface area contributed by atoms with E-state index in [0.717, 1.165) is 18.0 Å². The maximum atomic E-state index is 6.27. The molecule has 2 N–H and O–H groups in total. The Bertz CT molecular complexity index is 334. The monoisotopic (exact) mass is 222 g/mol. The van der Waals surface area contributed by atoms with Gasteiger partial charge in [-0.15, -0.1) is 5.10 Å². The molecule has 1 fully saturated rings. The first kappa shape index (κ1) is 11.6. The van der Waals surface area contributed by atoms with Crippen molar-refractivity contribution in [1.82, 2.24) is 15.0 Å². The lowest BCUT2D eigenvalue weighted by Crippen LogP contribution is -2.35. The second-order valence-corrected chi connectivity index (χ2v) is 5.28. The molecule has 90 valence electrons. The van der Waals surface area contributed by atoms with E-state index in [2.05, 4.69) is 17.2 Å². The average molecular weight is 222 g/mol. The summed E-state index contributed by atoms with van der Waals surface area (Å²) in [6.45, 7) is 2.33. The van der Waals surface area contributed by atoms with E-state index >= 15 is 0 Å². The van der Waals surface area contributed by atoms with Crippen molar-refractivity contribution in [2.24, 2.45) is 24.6 Å². The molecule has 1 heterocycles. The number of rotatable bonds is 3. The summed E-state index contributed by atoms with van der Waals surface area (Å²) in [6.07, 6.45) is 8.10. The zero-order valence-electron chi connectivity index (χ0n) is 10.3. The molecule has 4 nitrogen and oxygen atoms in total. The molecule has 0 aliphatic heterocycles. The predicted molar refractivity (Wildman–Crippen MR) is 63.8 cm³/mol. The highest BCUT2D eigenvalue weighted by atomic mass is 15.4. The van der Waals surface area contributed by atoms with Gasteiger partial charge in [0.25, 0.3) is 0 Å². The van der Waals surface area contributed by atoms with Crippen LogP contribution in [0.2, 0.25) is 0 Å². The molecule has 1 aromatic heterocycles. The largest absolute Gasteiger partial charge is 0.327 e. The summed E-state index contributed by atoms with van der Waals surface area (Å²) in [5.41, 5.74) is 7.30. The first-order chi connectivity index (χ1) is 7.65. The quantitative estimate of drug-likeness (QED) is 0.843. The van der Waals surface area contributed by atoms with Crippen LogP contribution in [-0.4, -0.2) is 21.0 Å². The van der Waals surface area contributed by atoms with E-state index < -0.39 is 0 Å². The van der Waals surface area contributed by atoms with Gasteiger partial charge >= 0.3 is 0 Å². The van der Waals surface area contributed by atoms with Crippen LogP contribution in [0, 0.1) is 11.8 Å². The van der Waals surface area contributed by atoms with Crippen LogP contribution in [0.3, 0.4) is 0 Å². The molecule has 2 rings (SSSR count). The number of nitrogens with two attached hydrogens (primary N) is 1. The van der Waals surface area contributed by atoms with Gasteiger partial charge in [-0.2, -0.15) is 0 Å². The van der Waals surface area contributed by atoms with E-state index in [1.807, 2.05) is 13.2 Å². The molecule has 16 heavy (non-hydrogen) atoms. The highest BCUT2D eigenvalue weighted by Crippen LogP contribution is 2.30. The molecule has 0 aromatic carbocycles. The number of hydrogen-bond donors (Lipinski definition) is 1. The van der Waals surface area contributed by atoms with Crippen molar-refractivity contribution in [2.75, 3.05) is 0 Å². The molecule has 1 aliphatic rings. The van der Waals surface area contributed by atoms with Gasteiger partial charge in [0.05, 0.1) is 5.69 Å². The van der Waals surface area contributed by atoms with Crippen LogP contribution < -0.4 is 5.73 Å². The van der Waals surface area contributed by atoms with E-state index in [9.17, 15) is 0 Å². The lowest BCUT2D eigenvalue weighted by atomic mass is 9.78. The Hall–Kier alpha value is -0.900. The molecule has 3 atom stereocenters. The summed E-state index contributed by atoms with van der Waals surface area (Å²) in [4.78, 5) is 0. The Balaban J connectivity index is 1.89. The highest BCUT2D eigenvalue weighted by molar-refractivity contribution is 4.97. The van der Waals surface area contributed by atoms with Crippen LogP contribution in [-0.2, 0) is 13.5 Å². The van der Waals surface area contributed by atoms with Crippen molar-refractivity contribution < 1.29 is 0 Å². The standard InChI is InChI=1S/C12H22N4/c1-9-4-3-5-10(6-9)12(13)7-11-8-16(2)15-14-11/h8-10,12H,3-7,13H2,1-2H3. The van der Waals surface area contributed by atoms with E-state index in [1.54, 1.807) is 4.68 Å². The molecule has 1 aliphatic carbocycles. The topological polar surface area (TPSA) is 56.7 Å². The van der Waals surface area contributed by atoms with Crippen molar-refractivity contribution in [3.63, 3.8) is 0 Å². The molecule has 0 spiro atoms. The van der Waals surface area contributed by atoms with Crippen LogP contribution >= 0.6 is 0 Å². The molecule has 3 unspecified atom stereocenters. The fourth-order valence-corrected chi connectivity index (χ4v) is 2.77. The van der Waals surface area contributed by atoms with Crippen LogP contribution in [0.4, 0.5) is 0 Å². The lowest BCUT2D eigenvalue weighted by Gasteiger charge is -2.30. The van der Waals surface area contributed by atoms with Gasteiger partial charge in [0.1, 0.15) is 0 Å². The molecular weight excluding hydrogens is 200 g/mol. The summed E-state index contributed by atoms with van der Waals surface area (Å²) < 4.78 is 1.74. The predicted octanol–water partition coefficient (Wildman–Crippen LogP) is 1.51. The zero-order chi connectivity index (χ0) is 11.5. The van der Waals surface area contributed by atoms with Gasteiger partial charge in [0.15, 0.2) is 0 Å². The Morgan fingerprint density at radius 3 is 3.00 bits per heavy atom. The number of hydrogen-bond acceptors (Lipinski definition) is 3. The van der Waals surface area contributed by atoms with Crippen molar-refractivity contribution in [1.29, 1.82) is 0 Å². The van der Waals surface area contributed by atoms with Gasteiger partial charge in [0, 0.05) is 25.7 Å². The van der Waals surface area contributed by atoms with Gasteiger partial charge in [-0.3, -0.25) is 4.68 Å². The normalized spacial score (nSPS) is 27.9. The molecule has 4 heteroatoms. The smallest absolute Gasteiger partial charge is 0.0842 e. The van der Waals surface area contributed by atoms with Gasteiger partial charge in [0.2, 0.25) is 0 Å². The number of nitrogens with zero attached hydrogens (tertiary/aromatic N) is 3. The molecule has 1 aromatic rings. The van der Waals surface area contributed by atoms with Crippen LogP contribution in [0.25, 0.3) is 0 Å². The maximum absolute atomic E-state index is 6.27. The maximum Gasteiger partial charge on any atom is 0.0842 e. The molecule has 0 bridgehead atoms. The minimum atomic E-state index is 0.249. The van der Waals surface area contributed by atoms with Crippen molar-refractivity contribution in [2.45, 2.75) is 45.1 Å². The van der Waals surface area contributed by atoms with E-state index in [0.29, 0.717) is 5.92 Å². The Morgan fingerprint density at radius 2 is 2.38 bits per heavy atom. The van der Waals surface area contributed by atoms with Crippen LogP contribution in [0.1, 0.15) is 38.3 Å². The third-order valence-electron chi connectivity index (χ3n) is 3.68. The first-order valence-electron chi connectivity index (χ1n) is 6.26. The molecule has 1 saturated carbocycles. The number of aryl methyl sites for hydroxylation is 1. The SMILES string of the molecule is CC1CCCC(C(N)Cc2cn(C)nn2)C1. The summed E-state index contributed by atoms with van der Waals surface area (Å²) in [6, 6.07) is 0.249. The summed E-state index contributed by atoms with van der Waals surface area (Å²) in [5.74, 6) is 1.51. The molecule has 0 amide bonds. The minimum Gasteiger partial charge on any atom is -0.327 e. The van der Waals surface area contributed by atoms with E-state index in [4.69, 9.17) is 5.73 Å². The van der Waals surface area contributed by atoms with Crippen molar-refractivity contribution >= 4 is 0 Å². The third-order valence-corrected chi connectivity index (χ3v) is 3.68. The van der Waals surface area contributed by atoms with Gasteiger partial charge in [-0.05, 0) is 24.7 Å². The first-order valence-corrected chi connectivity index (χ1v) is 6.26. The third kappa shape index (κ3) is 2.82. The lowest BCUT2D eigenvalue weighted by molar-refractivity contribution is 0.245. The molecule has 0 saturated heterocycles. The van der Waals surface area contributed by atoms with Gasteiger partial charge in [-0.25, -0.2) is 0 Å². The van der Waals surface area contributed by atoms with Crippen molar-refractivity contribution in [3.05, 3.63) is 11.9 Å². The second-order valence-electron chi connectivity index (χ2n) is 5.28. The Kier molecular flexibility index (Phi) is 3.59. The summed E-state index contributed by atoms with van der Waals surface area (Å²) in [7, 11) is 1.89. The number of aromatic nitrogens is 3. The van der Waals surface area contributed by atoms with Crippen LogP contribution in [0.5, 0.6) is 0 Å². The Morgan fingerprint density at radius 1 is 1.56 bits per heavy atom. The van der Waals surface area contributed by atoms with E-state index in [1.165, 1.54) is 25.7 Å². The van der Waals surface area contributed by atoms with Gasteiger partial charge in [-0.1, -0.05) is 25.0 Å². The van der Waals surface area contributed by atoms with Crippen molar-refractivity contribution in [3.8, 4) is 0 Å². The fraction of sp³-hybridized carbons (Fsp3) is 0.833. The summed E-state index contributed by atoms with van der Waals surface area (Å²) >= 11 is 0. The molecular formula is C12H22N4. The van der Waals surface area contributed by atoms with Gasteiger partial charge < -0.3 is 5.73 Å². The average Bonchev–Trinajstić information content (AvgIpc) is 2.64.